The predicted octanol–water partition coefficient (Wildman–Crippen LogP) is 3.83. The standard InChI is InChI=1S/C16H16BF2N3O/c1-22(2)14-9-6-13(7-10-14)8-11-16(23-17(18)19)21-15-5-3-4-12-20-15/h3-12H,1-2H3/b11-8+,21-16+. The van der Waals surface area contributed by atoms with E-state index in [4.69, 9.17) is 0 Å². The molecule has 4 nitrogen and oxygen atoms in total. The summed E-state index contributed by atoms with van der Waals surface area (Å²) in [5.74, 6) is 0.103. The van der Waals surface area contributed by atoms with Gasteiger partial charge >= 0.3 is 7.47 Å². The Kier molecular flexibility index (Phi) is 5.85. The molecule has 0 bridgehead atoms. The molecule has 7 heteroatoms. The molecule has 0 saturated heterocycles. The first-order valence-electron chi connectivity index (χ1n) is 6.94. The summed E-state index contributed by atoms with van der Waals surface area (Å²) in [7, 11) is 0.941. The summed E-state index contributed by atoms with van der Waals surface area (Å²) < 4.78 is 29.4. The van der Waals surface area contributed by atoms with E-state index in [0.717, 1.165) is 11.3 Å². The highest BCUT2D eigenvalue weighted by Crippen LogP contribution is 2.14. The maximum Gasteiger partial charge on any atom is 0.797 e. The smallest absolute Gasteiger partial charge is 0.491 e. The second-order valence-corrected chi connectivity index (χ2v) is 4.84. The van der Waals surface area contributed by atoms with Crippen molar-refractivity contribution in [3.63, 3.8) is 0 Å². The zero-order chi connectivity index (χ0) is 16.7. The minimum absolute atomic E-state index is 0.199. The fourth-order valence-electron chi connectivity index (χ4n) is 1.78. The zero-order valence-corrected chi connectivity index (χ0v) is 12.9. The lowest BCUT2D eigenvalue weighted by Gasteiger charge is -2.11. The summed E-state index contributed by atoms with van der Waals surface area (Å²) in [5, 5.41) is 0. The summed E-state index contributed by atoms with van der Waals surface area (Å²) in [5.41, 5.74) is 1.90. The van der Waals surface area contributed by atoms with Gasteiger partial charge in [-0.15, -0.1) is 0 Å². The molecule has 0 N–H and O–H groups in total. The number of anilines is 1. The van der Waals surface area contributed by atoms with Crippen molar-refractivity contribution in [1.29, 1.82) is 0 Å². The molecule has 0 fully saturated rings. The molecule has 0 spiro atoms. The van der Waals surface area contributed by atoms with Gasteiger partial charge in [-0.3, -0.25) is 0 Å². The number of hydrogen-bond donors (Lipinski definition) is 0. The lowest BCUT2D eigenvalue weighted by molar-refractivity contribution is 0.422. The van der Waals surface area contributed by atoms with E-state index in [1.807, 2.05) is 43.3 Å². The van der Waals surface area contributed by atoms with Crippen molar-refractivity contribution in [1.82, 2.24) is 4.98 Å². The van der Waals surface area contributed by atoms with Gasteiger partial charge in [0.1, 0.15) is 0 Å². The van der Waals surface area contributed by atoms with Crippen LogP contribution >= 0.6 is 0 Å². The molecular weight excluding hydrogens is 299 g/mol. The molecule has 23 heavy (non-hydrogen) atoms. The third kappa shape index (κ3) is 5.54. The van der Waals surface area contributed by atoms with E-state index in [1.54, 1.807) is 24.3 Å². The molecule has 0 aliphatic carbocycles. The molecule has 0 unspecified atom stereocenters. The van der Waals surface area contributed by atoms with E-state index in [9.17, 15) is 8.63 Å². The van der Waals surface area contributed by atoms with Gasteiger partial charge in [0.2, 0.25) is 5.90 Å². The average Bonchev–Trinajstić information content (AvgIpc) is 2.53. The number of nitrogens with zero attached hydrogens (tertiary/aromatic N) is 3. The second kappa shape index (κ2) is 8.07. The SMILES string of the molecule is CN(C)c1ccc(/C=C/C(=N\c2ccccn2)OB(F)F)cc1. The third-order valence-electron chi connectivity index (χ3n) is 2.91. The Hall–Kier alpha value is -2.70. The van der Waals surface area contributed by atoms with E-state index in [2.05, 4.69) is 14.6 Å². The van der Waals surface area contributed by atoms with Gasteiger partial charge in [-0.1, -0.05) is 18.2 Å². The largest absolute Gasteiger partial charge is 0.797 e. The molecule has 0 aliphatic heterocycles. The normalized spacial score (nSPS) is 11.6. The first-order chi connectivity index (χ1) is 11.0. The third-order valence-corrected chi connectivity index (χ3v) is 2.91. The summed E-state index contributed by atoms with van der Waals surface area (Å²) in [6, 6.07) is 12.7. The van der Waals surface area contributed by atoms with Crippen LogP contribution in [-0.4, -0.2) is 32.4 Å². The van der Waals surface area contributed by atoms with Crippen molar-refractivity contribution < 1.29 is 13.3 Å². The van der Waals surface area contributed by atoms with Crippen LogP contribution in [-0.2, 0) is 4.65 Å². The van der Waals surface area contributed by atoms with Crippen LogP contribution in [0.1, 0.15) is 5.56 Å². The molecule has 0 aliphatic rings. The van der Waals surface area contributed by atoms with E-state index >= 15 is 0 Å². The lowest BCUT2D eigenvalue weighted by Crippen LogP contribution is -2.11. The van der Waals surface area contributed by atoms with Crippen LogP contribution in [0.3, 0.4) is 0 Å². The topological polar surface area (TPSA) is 37.7 Å². The van der Waals surface area contributed by atoms with Crippen LogP contribution in [0.4, 0.5) is 20.1 Å². The summed E-state index contributed by atoms with van der Waals surface area (Å²) >= 11 is 0. The highest BCUT2D eigenvalue weighted by molar-refractivity contribution is 6.38. The van der Waals surface area contributed by atoms with Crippen LogP contribution in [0, 0.1) is 0 Å². The van der Waals surface area contributed by atoms with Gasteiger partial charge in [0.15, 0.2) is 5.82 Å². The van der Waals surface area contributed by atoms with Crippen molar-refractivity contribution in [3.05, 3.63) is 60.3 Å². The molecular formula is C16H16BF2N3O. The van der Waals surface area contributed by atoms with Gasteiger partial charge in [-0.05, 0) is 42.0 Å². The average molecular weight is 315 g/mol. The summed E-state index contributed by atoms with van der Waals surface area (Å²) in [6.45, 7) is 0. The first-order valence-corrected chi connectivity index (χ1v) is 6.94. The van der Waals surface area contributed by atoms with Crippen LogP contribution in [0.2, 0.25) is 0 Å². The molecule has 118 valence electrons. The molecule has 1 aromatic carbocycles. The molecule has 0 amide bonds. The van der Waals surface area contributed by atoms with Crippen molar-refractivity contribution in [3.8, 4) is 0 Å². The maximum atomic E-state index is 12.5. The van der Waals surface area contributed by atoms with Gasteiger partial charge in [-0.2, -0.15) is 4.99 Å². The number of pyridine rings is 1. The monoisotopic (exact) mass is 315 g/mol. The number of aliphatic imine (C=N–C) groups is 1. The Morgan fingerprint density at radius 2 is 1.91 bits per heavy atom. The van der Waals surface area contributed by atoms with Gasteiger partial charge in [0.05, 0.1) is 0 Å². The lowest BCUT2D eigenvalue weighted by atomic mass is 10.2. The highest BCUT2D eigenvalue weighted by Gasteiger charge is 2.19. The second-order valence-electron chi connectivity index (χ2n) is 4.84. The summed E-state index contributed by atoms with van der Waals surface area (Å²) in [6.07, 6.45) is 4.58. The Labute approximate surface area is 134 Å². The Bertz CT molecular complexity index is 673. The molecule has 1 aromatic heterocycles. The minimum Gasteiger partial charge on any atom is -0.491 e. The summed E-state index contributed by atoms with van der Waals surface area (Å²) in [4.78, 5) is 9.90. The number of aromatic nitrogens is 1. The van der Waals surface area contributed by atoms with Crippen molar-refractivity contribution >= 4 is 30.9 Å². The molecule has 0 saturated carbocycles. The molecule has 2 rings (SSSR count). The van der Waals surface area contributed by atoms with Crippen LogP contribution in [0.5, 0.6) is 0 Å². The van der Waals surface area contributed by atoms with E-state index in [-0.39, 0.29) is 5.90 Å². The van der Waals surface area contributed by atoms with E-state index < -0.39 is 7.47 Å². The Morgan fingerprint density at radius 1 is 1.17 bits per heavy atom. The zero-order valence-electron chi connectivity index (χ0n) is 12.9. The maximum absolute atomic E-state index is 12.5. The van der Waals surface area contributed by atoms with Gasteiger partial charge in [-0.25, -0.2) is 13.6 Å². The predicted molar refractivity (Wildman–Crippen MR) is 90.2 cm³/mol. The molecule has 2 aromatic rings. The fourth-order valence-corrected chi connectivity index (χ4v) is 1.78. The van der Waals surface area contributed by atoms with Crippen LogP contribution < -0.4 is 4.90 Å². The van der Waals surface area contributed by atoms with Crippen LogP contribution in [0.25, 0.3) is 6.08 Å². The van der Waals surface area contributed by atoms with Crippen molar-refractivity contribution in [2.45, 2.75) is 0 Å². The number of benzene rings is 1. The van der Waals surface area contributed by atoms with Gasteiger partial charge < -0.3 is 9.55 Å². The Morgan fingerprint density at radius 3 is 2.48 bits per heavy atom. The first kappa shape index (κ1) is 16.7. The number of hydrogen-bond acceptors (Lipinski definition) is 4. The minimum atomic E-state index is -2.95. The fraction of sp³-hybridized carbons (Fsp3) is 0.125. The molecule has 0 atom stereocenters. The number of halogens is 2. The highest BCUT2D eigenvalue weighted by atomic mass is 19.2. The molecule has 1 heterocycles. The number of rotatable bonds is 5. The Balaban J connectivity index is 2.18. The van der Waals surface area contributed by atoms with E-state index in [0.29, 0.717) is 5.82 Å². The van der Waals surface area contributed by atoms with E-state index in [1.165, 1.54) is 12.3 Å². The van der Waals surface area contributed by atoms with Gasteiger partial charge in [0.25, 0.3) is 0 Å². The van der Waals surface area contributed by atoms with Crippen molar-refractivity contribution in [2.24, 2.45) is 4.99 Å². The van der Waals surface area contributed by atoms with Crippen molar-refractivity contribution in [2.75, 3.05) is 19.0 Å². The van der Waals surface area contributed by atoms with Gasteiger partial charge in [0, 0.05) is 26.0 Å². The molecule has 0 radical (unpaired) electrons. The van der Waals surface area contributed by atoms with Crippen LogP contribution in [0.15, 0.2) is 59.7 Å². The quantitative estimate of drug-likeness (QED) is 0.478.